The fraction of sp³-hybridized carbons (Fsp3) is 0.0169. The number of benzene rings is 11. The van der Waals surface area contributed by atoms with Crippen molar-refractivity contribution in [3.63, 3.8) is 0 Å². The minimum Gasteiger partial charge on any atom is -0.456 e. The van der Waals surface area contributed by atoms with Crippen LogP contribution in [0.2, 0.25) is 0 Å². The first-order valence-electron chi connectivity index (χ1n) is 20.8. The molecule has 0 saturated heterocycles. The molecule has 12 aromatic rings. The van der Waals surface area contributed by atoms with Crippen LogP contribution in [-0.2, 0) is 5.41 Å². The van der Waals surface area contributed by atoms with Crippen LogP contribution in [0, 0.1) is 0 Å². The van der Waals surface area contributed by atoms with Crippen molar-refractivity contribution in [3.8, 4) is 33.4 Å². The van der Waals surface area contributed by atoms with E-state index in [1.807, 2.05) is 6.07 Å². The van der Waals surface area contributed by atoms with E-state index in [0.717, 1.165) is 21.9 Å². The third-order valence-electron chi connectivity index (χ3n) is 13.3. The van der Waals surface area contributed by atoms with Crippen LogP contribution >= 0.6 is 0 Å². The third-order valence-corrected chi connectivity index (χ3v) is 13.3. The van der Waals surface area contributed by atoms with E-state index in [2.05, 4.69) is 212 Å². The second-order valence-corrected chi connectivity index (χ2v) is 16.3. The minimum atomic E-state index is -0.592. The van der Waals surface area contributed by atoms with E-state index in [0.29, 0.717) is 0 Å². The van der Waals surface area contributed by atoms with Crippen molar-refractivity contribution < 1.29 is 4.42 Å². The van der Waals surface area contributed by atoms with Crippen molar-refractivity contribution in [1.29, 1.82) is 0 Å². The Morgan fingerprint density at radius 1 is 0.300 bits per heavy atom. The lowest BCUT2D eigenvalue weighted by Crippen LogP contribution is -2.28. The molecular formula is C59H36O. The molecule has 0 unspecified atom stereocenters. The van der Waals surface area contributed by atoms with E-state index in [1.165, 1.54) is 98.7 Å². The second kappa shape index (κ2) is 12.6. The quantitative estimate of drug-likeness (QED) is 0.129. The number of hydrogen-bond acceptors (Lipinski definition) is 1. The number of rotatable bonds is 4. The molecule has 1 aliphatic carbocycles. The average Bonchev–Trinajstić information content (AvgIpc) is 3.85. The summed E-state index contributed by atoms with van der Waals surface area (Å²) in [6.07, 6.45) is 0. The summed E-state index contributed by atoms with van der Waals surface area (Å²) in [5.41, 5.74) is 13.8. The van der Waals surface area contributed by atoms with Gasteiger partial charge in [0.05, 0.1) is 5.41 Å². The summed E-state index contributed by atoms with van der Waals surface area (Å²) in [5.74, 6) is 0. The fourth-order valence-electron chi connectivity index (χ4n) is 10.8. The summed E-state index contributed by atoms with van der Waals surface area (Å²) in [4.78, 5) is 0. The molecule has 1 aromatic heterocycles. The van der Waals surface area contributed by atoms with Gasteiger partial charge >= 0.3 is 0 Å². The molecular weight excluding hydrogens is 725 g/mol. The molecule has 1 aliphatic rings. The smallest absolute Gasteiger partial charge is 0.135 e. The molecule has 0 amide bonds. The first kappa shape index (κ1) is 33.3. The summed E-state index contributed by atoms with van der Waals surface area (Å²) in [6.45, 7) is 0. The standard InChI is InChI=1S/C59H36O/c1-3-17-42(18-4-1)59(43-19-5-2-6-20-43)53-25-13-11-24-48(53)57-49(39-30-32-55-52(35-39)46-23-12-14-26-54(46)60-55)33-40-27-28-41(36-50(40)58(57)59)56-45-22-10-8-16-38(45)34-51-44-21-9-7-15-37(44)29-31-47(51)56/h1-36H. The highest BCUT2D eigenvalue weighted by molar-refractivity contribution is 6.21. The molecule has 0 fully saturated rings. The van der Waals surface area contributed by atoms with Crippen molar-refractivity contribution in [2.24, 2.45) is 0 Å². The van der Waals surface area contributed by atoms with Gasteiger partial charge in [0.2, 0.25) is 0 Å². The lowest BCUT2D eigenvalue weighted by atomic mass is 9.66. The largest absolute Gasteiger partial charge is 0.456 e. The maximum atomic E-state index is 6.35. The van der Waals surface area contributed by atoms with E-state index in [1.54, 1.807) is 0 Å². The Morgan fingerprint density at radius 2 is 0.900 bits per heavy atom. The van der Waals surface area contributed by atoms with Crippen molar-refractivity contribution in [3.05, 3.63) is 241 Å². The van der Waals surface area contributed by atoms with E-state index in [9.17, 15) is 0 Å². The predicted molar refractivity (Wildman–Crippen MR) is 252 cm³/mol. The molecule has 278 valence electrons. The molecule has 0 N–H and O–H groups in total. The molecule has 11 aromatic carbocycles. The van der Waals surface area contributed by atoms with Crippen molar-refractivity contribution >= 4 is 65.0 Å². The summed E-state index contributed by atoms with van der Waals surface area (Å²) < 4.78 is 6.35. The van der Waals surface area contributed by atoms with Crippen LogP contribution in [0.1, 0.15) is 22.3 Å². The van der Waals surface area contributed by atoms with E-state index >= 15 is 0 Å². The number of para-hydroxylation sites is 1. The Labute approximate surface area is 347 Å². The molecule has 13 rings (SSSR count). The zero-order valence-corrected chi connectivity index (χ0v) is 32.7. The average molecular weight is 761 g/mol. The van der Waals surface area contributed by atoms with Crippen LogP contribution in [-0.4, -0.2) is 0 Å². The summed E-state index contributed by atoms with van der Waals surface area (Å²) in [7, 11) is 0. The molecule has 0 aliphatic heterocycles. The van der Waals surface area contributed by atoms with Crippen LogP contribution in [0.15, 0.2) is 223 Å². The Morgan fingerprint density at radius 3 is 1.72 bits per heavy atom. The molecule has 1 heterocycles. The van der Waals surface area contributed by atoms with Crippen LogP contribution in [0.4, 0.5) is 0 Å². The molecule has 0 radical (unpaired) electrons. The Balaban J connectivity index is 1.20. The number of furan rings is 1. The minimum absolute atomic E-state index is 0.592. The molecule has 60 heavy (non-hydrogen) atoms. The zero-order valence-electron chi connectivity index (χ0n) is 32.7. The first-order chi connectivity index (χ1) is 29.8. The van der Waals surface area contributed by atoms with Gasteiger partial charge in [0.15, 0.2) is 0 Å². The van der Waals surface area contributed by atoms with Gasteiger partial charge in [0.1, 0.15) is 11.2 Å². The van der Waals surface area contributed by atoms with Crippen LogP contribution in [0.5, 0.6) is 0 Å². The Bertz CT molecular complexity index is 3660. The maximum Gasteiger partial charge on any atom is 0.135 e. The van der Waals surface area contributed by atoms with Crippen LogP contribution in [0.25, 0.3) is 98.4 Å². The summed E-state index contributed by atoms with van der Waals surface area (Å²) in [5, 5.41) is 12.3. The number of fused-ring (bicyclic) bond motifs is 12. The van der Waals surface area contributed by atoms with Gasteiger partial charge < -0.3 is 4.42 Å². The van der Waals surface area contributed by atoms with Crippen LogP contribution < -0.4 is 0 Å². The Hall–Kier alpha value is -7.74. The molecule has 1 nitrogen and oxygen atoms in total. The highest BCUT2D eigenvalue weighted by atomic mass is 16.3. The maximum absolute atomic E-state index is 6.35. The van der Waals surface area contributed by atoms with Crippen molar-refractivity contribution in [2.75, 3.05) is 0 Å². The van der Waals surface area contributed by atoms with Gasteiger partial charge in [-0.25, -0.2) is 0 Å². The lowest BCUT2D eigenvalue weighted by Gasteiger charge is -2.35. The van der Waals surface area contributed by atoms with Crippen LogP contribution in [0.3, 0.4) is 0 Å². The molecule has 0 bridgehead atoms. The molecule has 0 spiro atoms. The monoisotopic (exact) mass is 760 g/mol. The fourth-order valence-corrected chi connectivity index (χ4v) is 10.8. The van der Waals surface area contributed by atoms with Gasteiger partial charge in [-0.05, 0) is 135 Å². The van der Waals surface area contributed by atoms with Crippen molar-refractivity contribution in [2.45, 2.75) is 5.41 Å². The topological polar surface area (TPSA) is 13.1 Å². The van der Waals surface area contributed by atoms with E-state index < -0.39 is 5.41 Å². The van der Waals surface area contributed by atoms with Gasteiger partial charge in [-0.1, -0.05) is 182 Å². The van der Waals surface area contributed by atoms with Gasteiger partial charge in [0, 0.05) is 10.8 Å². The second-order valence-electron chi connectivity index (χ2n) is 16.3. The van der Waals surface area contributed by atoms with Gasteiger partial charge in [-0.2, -0.15) is 0 Å². The van der Waals surface area contributed by atoms with E-state index in [-0.39, 0.29) is 0 Å². The predicted octanol–water partition coefficient (Wildman–Crippen LogP) is 15.9. The third kappa shape index (κ3) is 4.58. The molecule has 1 heteroatoms. The van der Waals surface area contributed by atoms with Gasteiger partial charge in [-0.3, -0.25) is 0 Å². The summed E-state index contributed by atoms with van der Waals surface area (Å²) >= 11 is 0. The normalized spacial score (nSPS) is 13.1. The van der Waals surface area contributed by atoms with Crippen molar-refractivity contribution in [1.82, 2.24) is 0 Å². The van der Waals surface area contributed by atoms with Gasteiger partial charge in [0.25, 0.3) is 0 Å². The SMILES string of the molecule is c1ccc(C2(c3ccccc3)c3ccccc3-c3c(-c4ccc5oc6ccccc6c5c4)cc4ccc(-c5c6ccccc6cc6c5ccc5ccccc56)cc4c32)cc1. The van der Waals surface area contributed by atoms with Gasteiger partial charge in [-0.15, -0.1) is 0 Å². The molecule has 0 saturated carbocycles. The highest BCUT2D eigenvalue weighted by Gasteiger charge is 2.48. The number of hydrogen-bond donors (Lipinski definition) is 0. The highest BCUT2D eigenvalue weighted by Crippen LogP contribution is 2.61. The zero-order chi connectivity index (χ0) is 39.4. The Kier molecular flexibility index (Phi) is 7.00. The van der Waals surface area contributed by atoms with E-state index in [4.69, 9.17) is 4.42 Å². The summed E-state index contributed by atoms with van der Waals surface area (Å²) in [6, 6.07) is 81.0. The first-order valence-corrected chi connectivity index (χ1v) is 20.8. The molecule has 0 atom stereocenters. The lowest BCUT2D eigenvalue weighted by molar-refractivity contribution is 0.669.